The van der Waals surface area contributed by atoms with Gasteiger partial charge in [-0.05, 0) is 12.1 Å². The first-order valence-electron chi connectivity index (χ1n) is 5.93. The van der Waals surface area contributed by atoms with Crippen LogP contribution in [0, 0.1) is 0 Å². The lowest BCUT2D eigenvalue weighted by Crippen LogP contribution is -2.31. The standard InChI is InChI=1S/C12H13BrCl2O5S/c1-21(16,17)19-6-9-5-18-12(7-13,20-9)10-3-2-8(14)4-11(10)15/h2-4,9H,5-7H2,1H3/t9-,12+/m1/s1. The highest BCUT2D eigenvalue weighted by Crippen LogP contribution is 2.40. The fourth-order valence-corrected chi connectivity index (χ4v) is 3.48. The van der Waals surface area contributed by atoms with Gasteiger partial charge in [-0.15, -0.1) is 0 Å². The van der Waals surface area contributed by atoms with Gasteiger partial charge in [-0.2, -0.15) is 8.42 Å². The molecule has 1 fully saturated rings. The van der Waals surface area contributed by atoms with Gasteiger partial charge in [-0.25, -0.2) is 0 Å². The summed E-state index contributed by atoms with van der Waals surface area (Å²) in [6.45, 7) is 0.0822. The van der Waals surface area contributed by atoms with Crippen molar-refractivity contribution in [1.82, 2.24) is 0 Å². The van der Waals surface area contributed by atoms with E-state index in [0.29, 0.717) is 20.9 Å². The van der Waals surface area contributed by atoms with Crippen molar-refractivity contribution >= 4 is 49.2 Å². The van der Waals surface area contributed by atoms with Crippen LogP contribution in [0.25, 0.3) is 0 Å². The van der Waals surface area contributed by atoms with Gasteiger partial charge in [0.25, 0.3) is 10.1 Å². The van der Waals surface area contributed by atoms with Crippen molar-refractivity contribution in [2.45, 2.75) is 11.9 Å². The third-order valence-corrected chi connectivity index (χ3v) is 4.70. The van der Waals surface area contributed by atoms with Gasteiger partial charge in [0.2, 0.25) is 5.79 Å². The Kier molecular flexibility index (Phi) is 5.57. The highest BCUT2D eigenvalue weighted by Gasteiger charge is 2.44. The molecule has 0 N–H and O–H groups in total. The number of alkyl halides is 1. The maximum Gasteiger partial charge on any atom is 0.264 e. The van der Waals surface area contributed by atoms with E-state index in [4.69, 9.17) is 36.9 Å². The molecule has 1 aromatic rings. The fourth-order valence-electron chi connectivity index (χ4n) is 1.93. The summed E-state index contributed by atoms with van der Waals surface area (Å²) in [7, 11) is -3.52. The average Bonchev–Trinajstić information content (AvgIpc) is 2.80. The Labute approximate surface area is 141 Å². The van der Waals surface area contributed by atoms with Gasteiger partial charge in [-0.1, -0.05) is 45.2 Å². The summed E-state index contributed by atoms with van der Waals surface area (Å²) in [4.78, 5) is 0. The Bertz CT molecular complexity index is 624. The molecular weight excluding hydrogens is 407 g/mol. The van der Waals surface area contributed by atoms with Crippen LogP contribution < -0.4 is 0 Å². The Balaban J connectivity index is 2.17. The predicted molar refractivity (Wildman–Crippen MR) is 83.6 cm³/mol. The van der Waals surface area contributed by atoms with Crippen LogP contribution in [0.3, 0.4) is 0 Å². The largest absolute Gasteiger partial charge is 0.342 e. The van der Waals surface area contributed by atoms with Crippen LogP contribution in [-0.4, -0.2) is 39.3 Å². The molecule has 0 spiro atoms. The number of rotatable bonds is 5. The Morgan fingerprint density at radius 1 is 1.48 bits per heavy atom. The van der Waals surface area contributed by atoms with Crippen LogP contribution in [0.15, 0.2) is 18.2 Å². The number of halogens is 3. The molecule has 1 aliphatic heterocycles. The second kappa shape index (κ2) is 6.70. The molecule has 2 rings (SSSR count). The zero-order chi connectivity index (χ0) is 15.7. The molecule has 21 heavy (non-hydrogen) atoms. The highest BCUT2D eigenvalue weighted by atomic mass is 79.9. The van der Waals surface area contributed by atoms with E-state index in [-0.39, 0.29) is 13.2 Å². The number of benzene rings is 1. The Morgan fingerprint density at radius 2 is 2.19 bits per heavy atom. The van der Waals surface area contributed by atoms with Gasteiger partial charge in [0.15, 0.2) is 0 Å². The van der Waals surface area contributed by atoms with E-state index >= 15 is 0 Å². The summed E-state index contributed by atoms with van der Waals surface area (Å²) >= 11 is 15.4. The number of hydrogen-bond acceptors (Lipinski definition) is 5. The van der Waals surface area contributed by atoms with Gasteiger partial charge in [0.1, 0.15) is 6.10 Å². The molecule has 0 bridgehead atoms. The highest BCUT2D eigenvalue weighted by molar-refractivity contribution is 9.09. The SMILES string of the molecule is CS(=O)(=O)OC[C@H]1CO[C@](CBr)(c2ccc(Cl)cc2Cl)O1. The van der Waals surface area contributed by atoms with Gasteiger partial charge in [-0.3, -0.25) is 4.18 Å². The van der Waals surface area contributed by atoms with Crippen LogP contribution in [0.1, 0.15) is 5.56 Å². The zero-order valence-corrected chi connectivity index (χ0v) is 14.9. The third kappa shape index (κ3) is 4.31. The normalized spacial score (nSPS) is 26.2. The van der Waals surface area contributed by atoms with E-state index in [1.165, 1.54) is 0 Å². The molecule has 1 aliphatic rings. The molecule has 1 heterocycles. The van der Waals surface area contributed by atoms with Crippen molar-refractivity contribution in [2.24, 2.45) is 0 Å². The van der Waals surface area contributed by atoms with Crippen LogP contribution >= 0.6 is 39.1 Å². The van der Waals surface area contributed by atoms with E-state index in [9.17, 15) is 8.42 Å². The fraction of sp³-hybridized carbons (Fsp3) is 0.500. The minimum absolute atomic E-state index is 0.112. The van der Waals surface area contributed by atoms with E-state index < -0.39 is 22.0 Å². The molecule has 0 aliphatic carbocycles. The quantitative estimate of drug-likeness (QED) is 0.542. The Morgan fingerprint density at radius 3 is 2.76 bits per heavy atom. The molecule has 0 radical (unpaired) electrons. The van der Waals surface area contributed by atoms with Crippen LogP contribution in [0.2, 0.25) is 10.0 Å². The molecule has 118 valence electrons. The lowest BCUT2D eigenvalue weighted by Gasteiger charge is -2.27. The molecule has 9 heteroatoms. The summed E-state index contributed by atoms with van der Waals surface area (Å²) in [5, 5.41) is 1.24. The van der Waals surface area contributed by atoms with Crippen molar-refractivity contribution in [1.29, 1.82) is 0 Å². The summed E-state index contributed by atoms with van der Waals surface area (Å²) in [5.41, 5.74) is 0.618. The van der Waals surface area contributed by atoms with Crippen molar-refractivity contribution < 1.29 is 22.1 Å². The van der Waals surface area contributed by atoms with Crippen molar-refractivity contribution in [2.75, 3.05) is 24.8 Å². The smallest absolute Gasteiger partial charge is 0.264 e. The first-order valence-corrected chi connectivity index (χ1v) is 9.63. The number of hydrogen-bond donors (Lipinski definition) is 0. The molecule has 1 saturated heterocycles. The maximum absolute atomic E-state index is 11.0. The third-order valence-electron chi connectivity index (χ3n) is 2.84. The second-order valence-electron chi connectivity index (χ2n) is 4.55. The second-order valence-corrected chi connectivity index (χ2v) is 7.60. The van der Waals surface area contributed by atoms with E-state index in [1.807, 2.05) is 0 Å². The molecule has 0 amide bonds. The first kappa shape index (κ1) is 17.5. The van der Waals surface area contributed by atoms with Crippen LogP contribution in [-0.2, 0) is 29.6 Å². The maximum atomic E-state index is 11.0. The van der Waals surface area contributed by atoms with Gasteiger partial charge >= 0.3 is 0 Å². The van der Waals surface area contributed by atoms with E-state index in [0.717, 1.165) is 6.26 Å². The summed E-state index contributed by atoms with van der Waals surface area (Å²) < 4.78 is 38.3. The van der Waals surface area contributed by atoms with Crippen LogP contribution in [0.5, 0.6) is 0 Å². The summed E-state index contributed by atoms with van der Waals surface area (Å²) in [5.74, 6) is -1.09. The zero-order valence-electron chi connectivity index (χ0n) is 11.0. The molecule has 0 saturated carbocycles. The number of ether oxygens (including phenoxy) is 2. The van der Waals surface area contributed by atoms with E-state index in [1.54, 1.807) is 18.2 Å². The van der Waals surface area contributed by atoms with Crippen molar-refractivity contribution in [3.8, 4) is 0 Å². The molecule has 1 aromatic carbocycles. The lowest BCUT2D eigenvalue weighted by atomic mass is 10.1. The molecule has 5 nitrogen and oxygen atoms in total. The molecule has 2 atom stereocenters. The first-order chi connectivity index (χ1) is 9.76. The lowest BCUT2D eigenvalue weighted by molar-refractivity contribution is -0.159. The molecule has 0 unspecified atom stereocenters. The molecule has 0 aromatic heterocycles. The van der Waals surface area contributed by atoms with Crippen LogP contribution in [0.4, 0.5) is 0 Å². The van der Waals surface area contributed by atoms with Crippen molar-refractivity contribution in [3.63, 3.8) is 0 Å². The van der Waals surface area contributed by atoms with E-state index in [2.05, 4.69) is 15.9 Å². The molecular formula is C12H13BrCl2O5S. The monoisotopic (exact) mass is 418 g/mol. The minimum Gasteiger partial charge on any atom is -0.342 e. The predicted octanol–water partition coefficient (Wildman–Crippen LogP) is 2.93. The van der Waals surface area contributed by atoms with Gasteiger partial charge in [0, 0.05) is 10.6 Å². The van der Waals surface area contributed by atoms with Gasteiger partial charge in [0.05, 0.1) is 29.8 Å². The summed E-state index contributed by atoms with van der Waals surface area (Å²) in [6.07, 6.45) is 0.473. The topological polar surface area (TPSA) is 61.8 Å². The van der Waals surface area contributed by atoms with Gasteiger partial charge < -0.3 is 9.47 Å². The summed E-state index contributed by atoms with van der Waals surface area (Å²) in [6, 6.07) is 4.99. The average molecular weight is 420 g/mol. The van der Waals surface area contributed by atoms with Crippen molar-refractivity contribution in [3.05, 3.63) is 33.8 Å². The minimum atomic E-state index is -3.52. The Hall–Kier alpha value is 0.110.